The molecule has 4 aliphatic heterocycles. The number of rotatable bonds is 7. The van der Waals surface area contributed by atoms with Gasteiger partial charge in [0.25, 0.3) is 0 Å². The molecule has 2 atom stereocenters. The van der Waals surface area contributed by atoms with Crippen LogP contribution in [0.3, 0.4) is 0 Å². The zero-order chi connectivity index (χ0) is 34.4. The van der Waals surface area contributed by atoms with Gasteiger partial charge in [-0.25, -0.2) is 0 Å². The van der Waals surface area contributed by atoms with Crippen LogP contribution in [0, 0.1) is 0 Å². The Morgan fingerprint density at radius 1 is 0.615 bits per heavy atom. The second-order valence-corrected chi connectivity index (χ2v) is 15.3. The first kappa shape index (κ1) is 32.3. The lowest BCUT2D eigenvalue weighted by molar-refractivity contribution is 0.0394. The minimum absolute atomic E-state index is 0.241. The zero-order valence-electron chi connectivity index (χ0n) is 29.2. The normalized spacial score (nSPS) is 21.0. The highest BCUT2D eigenvalue weighted by atomic mass is 32.2. The fourth-order valence-electron chi connectivity index (χ4n) is 8.32. The van der Waals surface area contributed by atoms with Crippen molar-refractivity contribution in [1.82, 2.24) is 34.4 Å². The highest BCUT2D eigenvalue weighted by molar-refractivity contribution is 7.99. The summed E-state index contributed by atoms with van der Waals surface area (Å²) in [6.07, 6.45) is 16.1. The summed E-state index contributed by atoms with van der Waals surface area (Å²) in [6, 6.07) is 14.2. The Balaban J connectivity index is 1.02. The van der Waals surface area contributed by atoms with Crippen molar-refractivity contribution in [3.63, 3.8) is 0 Å². The standard InChI is InChI=1S/C40H42N8O3S/c1-3-29(25-50-13-1)47-37-23-41-19-31(33(37)21-43-47)27-5-7-35-39(17-27)52-40-18-28(6-8-36(40)46(35)10-9-45-11-15-49-16-12-45)32-20-42-24-38-34(32)22-44-48(38)30-4-2-14-51-26-30/h5-8,17-24,29-30H,1-4,9-16,25-26H2. The van der Waals surface area contributed by atoms with Crippen molar-refractivity contribution in [2.45, 2.75) is 47.6 Å². The van der Waals surface area contributed by atoms with Crippen molar-refractivity contribution in [1.29, 1.82) is 0 Å². The SMILES string of the molecule is c1cc2c(cc1-c1cncc3c1cnn3C1CCCOC1)Sc1cc(-c3cncc4c3cnn4C3CCCOC3)ccc1N2CCN1CCOCC1. The lowest BCUT2D eigenvalue weighted by Crippen LogP contribution is -2.41. The first-order valence-corrected chi connectivity index (χ1v) is 19.4. The van der Waals surface area contributed by atoms with Gasteiger partial charge in [-0.1, -0.05) is 23.9 Å². The van der Waals surface area contributed by atoms with Gasteiger partial charge >= 0.3 is 0 Å². The molecule has 0 bridgehead atoms. The van der Waals surface area contributed by atoms with Gasteiger partial charge < -0.3 is 19.1 Å². The summed E-state index contributed by atoms with van der Waals surface area (Å²) in [5.74, 6) is 0. The van der Waals surface area contributed by atoms with Gasteiger partial charge in [0.15, 0.2) is 0 Å². The van der Waals surface area contributed by atoms with E-state index in [4.69, 9.17) is 34.4 Å². The number of benzene rings is 2. The van der Waals surface area contributed by atoms with Gasteiger partial charge in [-0.3, -0.25) is 24.2 Å². The minimum atomic E-state index is 0.241. The van der Waals surface area contributed by atoms with Crippen molar-refractivity contribution < 1.29 is 14.2 Å². The van der Waals surface area contributed by atoms with Crippen LogP contribution in [0.1, 0.15) is 37.8 Å². The van der Waals surface area contributed by atoms with E-state index in [-0.39, 0.29) is 12.1 Å². The van der Waals surface area contributed by atoms with Crippen LogP contribution in [0.15, 0.2) is 83.4 Å². The maximum atomic E-state index is 5.80. The van der Waals surface area contributed by atoms with Crippen LogP contribution >= 0.6 is 11.8 Å². The van der Waals surface area contributed by atoms with E-state index in [2.05, 4.69) is 55.6 Å². The number of ether oxygens (including phenoxy) is 3. The Kier molecular flexibility index (Phi) is 8.65. The smallest absolute Gasteiger partial charge is 0.0876 e. The fourth-order valence-corrected chi connectivity index (χ4v) is 9.50. The fraction of sp³-hybridized carbons (Fsp3) is 0.400. The molecule has 0 amide bonds. The molecule has 4 aliphatic rings. The van der Waals surface area contributed by atoms with Gasteiger partial charge in [-0.15, -0.1) is 0 Å². The average Bonchev–Trinajstić information content (AvgIpc) is 3.85. The first-order chi connectivity index (χ1) is 25.8. The second kappa shape index (κ2) is 13.9. The monoisotopic (exact) mass is 714 g/mol. The highest BCUT2D eigenvalue weighted by Gasteiger charge is 2.27. The average molecular weight is 715 g/mol. The second-order valence-electron chi connectivity index (χ2n) is 14.2. The number of fused-ring (bicyclic) bond motifs is 4. The molecule has 12 heteroatoms. The van der Waals surface area contributed by atoms with Gasteiger partial charge in [-0.05, 0) is 61.1 Å². The van der Waals surface area contributed by atoms with Crippen molar-refractivity contribution in [3.8, 4) is 22.3 Å². The Hall–Kier alpha value is -4.33. The maximum absolute atomic E-state index is 5.80. The molecule has 0 saturated carbocycles. The molecule has 3 fully saturated rings. The molecule has 266 valence electrons. The topological polar surface area (TPSA) is 95.6 Å². The van der Waals surface area contributed by atoms with Crippen molar-refractivity contribution in [2.24, 2.45) is 0 Å². The summed E-state index contributed by atoms with van der Waals surface area (Å²) in [6.45, 7) is 8.43. The summed E-state index contributed by atoms with van der Waals surface area (Å²) < 4.78 is 21.5. The van der Waals surface area contributed by atoms with Gasteiger partial charge in [0, 0.05) is 83.5 Å². The van der Waals surface area contributed by atoms with E-state index in [0.29, 0.717) is 13.2 Å². The van der Waals surface area contributed by atoms with Gasteiger partial charge in [0.05, 0.1) is 85.7 Å². The van der Waals surface area contributed by atoms with Crippen LogP contribution in [0.4, 0.5) is 11.4 Å². The minimum Gasteiger partial charge on any atom is -0.379 e. The van der Waals surface area contributed by atoms with Gasteiger partial charge in [-0.2, -0.15) is 10.2 Å². The molecule has 4 aromatic heterocycles. The lowest BCUT2D eigenvalue weighted by atomic mass is 10.0. The molecule has 11 nitrogen and oxygen atoms in total. The molecule has 3 saturated heterocycles. The molecule has 2 aromatic carbocycles. The van der Waals surface area contributed by atoms with E-state index in [1.165, 1.54) is 21.2 Å². The zero-order valence-corrected chi connectivity index (χ0v) is 30.0. The van der Waals surface area contributed by atoms with Crippen LogP contribution < -0.4 is 4.90 Å². The maximum Gasteiger partial charge on any atom is 0.0876 e. The number of aromatic nitrogens is 6. The number of nitrogens with zero attached hydrogens (tertiary/aromatic N) is 8. The number of morpholine rings is 1. The summed E-state index contributed by atoms with van der Waals surface area (Å²) in [7, 11) is 0. The van der Waals surface area contributed by atoms with Gasteiger partial charge in [0.2, 0.25) is 0 Å². The molecular weight excluding hydrogens is 673 g/mol. The van der Waals surface area contributed by atoms with Crippen molar-refractivity contribution in [2.75, 3.05) is 70.7 Å². The predicted molar refractivity (Wildman–Crippen MR) is 202 cm³/mol. The first-order valence-electron chi connectivity index (χ1n) is 18.6. The highest BCUT2D eigenvalue weighted by Crippen LogP contribution is 2.51. The molecule has 6 aromatic rings. The molecule has 52 heavy (non-hydrogen) atoms. The quantitative estimate of drug-likeness (QED) is 0.170. The summed E-state index contributed by atoms with van der Waals surface area (Å²) >= 11 is 1.84. The van der Waals surface area contributed by atoms with Crippen LogP contribution in [0.25, 0.3) is 44.1 Å². The molecular formula is C40H42N8O3S. The third-order valence-electron chi connectivity index (χ3n) is 11.1. The Labute approximate surface area is 306 Å². The Bertz CT molecular complexity index is 2090. The van der Waals surface area contributed by atoms with Crippen LogP contribution in [0.5, 0.6) is 0 Å². The number of pyridine rings is 2. The molecule has 2 unspecified atom stereocenters. The Morgan fingerprint density at radius 2 is 1.17 bits per heavy atom. The lowest BCUT2D eigenvalue weighted by Gasteiger charge is -2.36. The van der Waals surface area contributed by atoms with Crippen LogP contribution in [0.2, 0.25) is 0 Å². The van der Waals surface area contributed by atoms with E-state index in [0.717, 1.165) is 122 Å². The van der Waals surface area contributed by atoms with E-state index >= 15 is 0 Å². The van der Waals surface area contributed by atoms with Crippen LogP contribution in [-0.4, -0.2) is 100 Å². The van der Waals surface area contributed by atoms with Crippen molar-refractivity contribution >= 4 is 44.9 Å². The van der Waals surface area contributed by atoms with E-state index in [1.54, 1.807) is 0 Å². The van der Waals surface area contributed by atoms with Gasteiger partial charge in [0.1, 0.15) is 0 Å². The third-order valence-corrected chi connectivity index (χ3v) is 12.2. The molecule has 0 spiro atoms. The van der Waals surface area contributed by atoms with E-state index in [9.17, 15) is 0 Å². The molecule has 0 aliphatic carbocycles. The number of hydrogen-bond donors (Lipinski definition) is 0. The number of hydrogen-bond acceptors (Lipinski definition) is 10. The third kappa shape index (κ3) is 5.86. The van der Waals surface area contributed by atoms with E-state index < -0.39 is 0 Å². The van der Waals surface area contributed by atoms with Crippen LogP contribution in [-0.2, 0) is 14.2 Å². The predicted octanol–water partition coefficient (Wildman–Crippen LogP) is 7.15. The summed E-state index contributed by atoms with van der Waals surface area (Å²) in [5, 5.41) is 11.9. The van der Waals surface area contributed by atoms with Crippen molar-refractivity contribution in [3.05, 3.63) is 73.6 Å². The summed E-state index contributed by atoms with van der Waals surface area (Å²) in [5.41, 5.74) is 9.07. The molecule has 8 heterocycles. The molecule has 0 radical (unpaired) electrons. The molecule has 0 N–H and O–H groups in total. The number of anilines is 2. The molecule has 10 rings (SSSR count). The summed E-state index contributed by atoms with van der Waals surface area (Å²) in [4.78, 5) is 16.9. The largest absolute Gasteiger partial charge is 0.379 e. The van der Waals surface area contributed by atoms with E-state index in [1.807, 2.05) is 48.9 Å². The Morgan fingerprint density at radius 3 is 1.69 bits per heavy atom.